The Morgan fingerprint density at radius 2 is 1.68 bits per heavy atom. The Kier molecular flexibility index (Phi) is 5.64. The van der Waals surface area contributed by atoms with Gasteiger partial charge < -0.3 is 9.47 Å². The van der Waals surface area contributed by atoms with Crippen LogP contribution in [0.3, 0.4) is 0 Å². The molecule has 144 valence electrons. The van der Waals surface area contributed by atoms with Crippen molar-refractivity contribution >= 4 is 23.6 Å². The van der Waals surface area contributed by atoms with Crippen LogP contribution in [0.4, 0.5) is 5.69 Å². The minimum absolute atomic E-state index is 0.240. The van der Waals surface area contributed by atoms with Gasteiger partial charge in [0.2, 0.25) is 0 Å². The van der Waals surface area contributed by atoms with E-state index in [-0.39, 0.29) is 12.5 Å². The number of carbonyl (C=O) groups excluding carboxylic acids is 2. The Labute approximate surface area is 164 Å². The van der Waals surface area contributed by atoms with Crippen molar-refractivity contribution in [2.75, 3.05) is 18.6 Å². The molecule has 3 rings (SSSR count). The second-order valence-corrected chi connectivity index (χ2v) is 6.49. The average Bonchev–Trinajstić information content (AvgIpc) is 2.93. The highest BCUT2D eigenvalue weighted by Gasteiger charge is 2.38. The SMILES string of the molecule is CCOC(=O)C1=C(C)N(c2ccc(OC)cc2)C(=O)/C1=C\c1ccc(C)cc1. The number of amides is 1. The van der Waals surface area contributed by atoms with E-state index in [2.05, 4.69) is 0 Å². The Hall–Kier alpha value is -3.34. The average molecular weight is 377 g/mol. The summed E-state index contributed by atoms with van der Waals surface area (Å²) in [6.07, 6.45) is 1.74. The highest BCUT2D eigenvalue weighted by Crippen LogP contribution is 2.36. The Bertz CT molecular complexity index is 953. The highest BCUT2D eigenvalue weighted by atomic mass is 16.5. The summed E-state index contributed by atoms with van der Waals surface area (Å²) in [5.41, 5.74) is 3.81. The zero-order valence-corrected chi connectivity index (χ0v) is 16.5. The zero-order chi connectivity index (χ0) is 20.3. The summed E-state index contributed by atoms with van der Waals surface area (Å²) in [6.45, 7) is 5.74. The van der Waals surface area contributed by atoms with E-state index in [4.69, 9.17) is 9.47 Å². The van der Waals surface area contributed by atoms with Gasteiger partial charge in [0, 0.05) is 11.4 Å². The van der Waals surface area contributed by atoms with E-state index in [0.29, 0.717) is 28.3 Å². The summed E-state index contributed by atoms with van der Waals surface area (Å²) < 4.78 is 10.4. The van der Waals surface area contributed by atoms with Crippen LogP contribution < -0.4 is 9.64 Å². The number of anilines is 1. The van der Waals surface area contributed by atoms with Gasteiger partial charge in [-0.1, -0.05) is 29.8 Å². The van der Waals surface area contributed by atoms with Crippen molar-refractivity contribution in [1.82, 2.24) is 0 Å². The second kappa shape index (κ2) is 8.13. The lowest BCUT2D eigenvalue weighted by atomic mass is 10.0. The van der Waals surface area contributed by atoms with Crippen LogP contribution in [0, 0.1) is 6.92 Å². The summed E-state index contributed by atoms with van der Waals surface area (Å²) in [7, 11) is 1.59. The molecule has 1 heterocycles. The fourth-order valence-electron chi connectivity index (χ4n) is 3.15. The summed E-state index contributed by atoms with van der Waals surface area (Å²) in [6, 6.07) is 14.9. The number of allylic oxidation sites excluding steroid dienone is 1. The molecule has 5 nitrogen and oxygen atoms in total. The van der Waals surface area contributed by atoms with Gasteiger partial charge >= 0.3 is 5.97 Å². The van der Waals surface area contributed by atoms with E-state index < -0.39 is 5.97 Å². The van der Waals surface area contributed by atoms with Crippen molar-refractivity contribution in [2.24, 2.45) is 0 Å². The fraction of sp³-hybridized carbons (Fsp3) is 0.217. The van der Waals surface area contributed by atoms with Gasteiger partial charge in [0.1, 0.15) is 5.75 Å². The predicted octanol–water partition coefficient (Wildman–Crippen LogP) is 4.27. The zero-order valence-electron chi connectivity index (χ0n) is 16.5. The molecule has 0 aliphatic carbocycles. The van der Waals surface area contributed by atoms with Crippen molar-refractivity contribution in [3.05, 3.63) is 76.5 Å². The van der Waals surface area contributed by atoms with Crippen LogP contribution in [0.5, 0.6) is 5.75 Å². The molecule has 1 aliphatic heterocycles. The summed E-state index contributed by atoms with van der Waals surface area (Å²) in [5, 5.41) is 0. The molecule has 2 aromatic carbocycles. The second-order valence-electron chi connectivity index (χ2n) is 6.49. The number of benzene rings is 2. The first-order valence-corrected chi connectivity index (χ1v) is 9.11. The molecule has 0 saturated heterocycles. The maximum absolute atomic E-state index is 13.2. The van der Waals surface area contributed by atoms with E-state index in [1.807, 2.05) is 31.2 Å². The summed E-state index contributed by atoms with van der Waals surface area (Å²) in [4.78, 5) is 27.4. The van der Waals surface area contributed by atoms with Crippen molar-refractivity contribution in [3.63, 3.8) is 0 Å². The number of methoxy groups -OCH3 is 1. The molecule has 0 unspecified atom stereocenters. The molecular formula is C23H23NO4. The fourth-order valence-corrected chi connectivity index (χ4v) is 3.15. The summed E-state index contributed by atoms with van der Waals surface area (Å²) in [5.74, 6) is -0.0629. The minimum atomic E-state index is -0.497. The highest BCUT2D eigenvalue weighted by molar-refractivity contribution is 6.23. The topological polar surface area (TPSA) is 55.8 Å². The molecule has 0 aromatic heterocycles. The standard InChI is InChI=1S/C23H23NO4/c1-5-28-23(26)21-16(3)24(18-10-12-19(27-4)13-11-18)22(25)20(21)14-17-8-6-15(2)7-9-17/h6-14H,5H2,1-4H3/b20-14-. The summed E-state index contributed by atoms with van der Waals surface area (Å²) >= 11 is 0. The van der Waals surface area contributed by atoms with Gasteiger partial charge in [-0.15, -0.1) is 0 Å². The van der Waals surface area contributed by atoms with Crippen LogP contribution in [0.25, 0.3) is 6.08 Å². The Morgan fingerprint density at radius 1 is 1.04 bits per heavy atom. The first-order chi connectivity index (χ1) is 13.5. The molecule has 28 heavy (non-hydrogen) atoms. The molecule has 0 radical (unpaired) electrons. The Balaban J connectivity index is 2.09. The number of carbonyl (C=O) groups is 2. The molecule has 5 heteroatoms. The number of hydrogen-bond acceptors (Lipinski definition) is 4. The Morgan fingerprint density at radius 3 is 2.25 bits per heavy atom. The maximum Gasteiger partial charge on any atom is 0.340 e. The first-order valence-electron chi connectivity index (χ1n) is 9.11. The largest absolute Gasteiger partial charge is 0.497 e. The van der Waals surface area contributed by atoms with E-state index in [9.17, 15) is 9.59 Å². The first kappa shape index (κ1) is 19.4. The minimum Gasteiger partial charge on any atom is -0.497 e. The lowest BCUT2D eigenvalue weighted by Gasteiger charge is -2.18. The third-order valence-electron chi connectivity index (χ3n) is 4.60. The molecule has 2 aromatic rings. The lowest BCUT2D eigenvalue weighted by Crippen LogP contribution is -2.24. The van der Waals surface area contributed by atoms with Gasteiger partial charge in [-0.2, -0.15) is 0 Å². The van der Waals surface area contributed by atoms with Gasteiger partial charge in [-0.25, -0.2) is 4.79 Å². The van der Waals surface area contributed by atoms with E-state index >= 15 is 0 Å². The smallest absolute Gasteiger partial charge is 0.340 e. The van der Waals surface area contributed by atoms with E-state index in [1.165, 1.54) is 4.90 Å². The molecule has 0 atom stereocenters. The third kappa shape index (κ3) is 3.69. The van der Waals surface area contributed by atoms with Crippen molar-refractivity contribution in [2.45, 2.75) is 20.8 Å². The van der Waals surface area contributed by atoms with Crippen LogP contribution >= 0.6 is 0 Å². The maximum atomic E-state index is 13.2. The van der Waals surface area contributed by atoms with Gasteiger partial charge in [0.25, 0.3) is 5.91 Å². The van der Waals surface area contributed by atoms with Crippen LogP contribution in [0.1, 0.15) is 25.0 Å². The van der Waals surface area contributed by atoms with Gasteiger partial charge in [0.15, 0.2) is 0 Å². The van der Waals surface area contributed by atoms with Crippen molar-refractivity contribution in [3.8, 4) is 5.75 Å². The number of nitrogens with zero attached hydrogens (tertiary/aromatic N) is 1. The van der Waals surface area contributed by atoms with Crippen LogP contribution in [-0.2, 0) is 14.3 Å². The predicted molar refractivity (Wildman–Crippen MR) is 109 cm³/mol. The van der Waals surface area contributed by atoms with E-state index in [0.717, 1.165) is 11.1 Å². The molecule has 0 fully saturated rings. The van der Waals surface area contributed by atoms with Gasteiger partial charge in [0.05, 0.1) is 24.9 Å². The van der Waals surface area contributed by atoms with Crippen LogP contribution in [0.2, 0.25) is 0 Å². The number of hydrogen-bond donors (Lipinski definition) is 0. The van der Waals surface area contributed by atoms with Gasteiger partial charge in [-0.3, -0.25) is 9.69 Å². The quantitative estimate of drug-likeness (QED) is 0.577. The molecule has 0 saturated carbocycles. The molecule has 0 bridgehead atoms. The van der Waals surface area contributed by atoms with Crippen LogP contribution in [0.15, 0.2) is 65.4 Å². The van der Waals surface area contributed by atoms with E-state index in [1.54, 1.807) is 51.3 Å². The number of ether oxygens (including phenoxy) is 2. The lowest BCUT2D eigenvalue weighted by molar-refractivity contribution is -0.138. The molecule has 1 amide bonds. The number of rotatable bonds is 5. The third-order valence-corrected chi connectivity index (χ3v) is 4.60. The van der Waals surface area contributed by atoms with Crippen LogP contribution in [-0.4, -0.2) is 25.6 Å². The number of esters is 1. The molecular weight excluding hydrogens is 354 g/mol. The normalized spacial score (nSPS) is 15.4. The molecule has 0 N–H and O–H groups in total. The molecule has 1 aliphatic rings. The van der Waals surface area contributed by atoms with Crippen molar-refractivity contribution < 1.29 is 19.1 Å². The monoisotopic (exact) mass is 377 g/mol. The number of aryl methyl sites for hydroxylation is 1. The molecule has 0 spiro atoms. The van der Waals surface area contributed by atoms with Gasteiger partial charge in [-0.05, 0) is 56.7 Å². The van der Waals surface area contributed by atoms with Crippen molar-refractivity contribution in [1.29, 1.82) is 0 Å².